The summed E-state index contributed by atoms with van der Waals surface area (Å²) in [6, 6.07) is 11.2. The van der Waals surface area contributed by atoms with E-state index in [2.05, 4.69) is 15.5 Å². The van der Waals surface area contributed by atoms with E-state index in [1.54, 1.807) is 12.1 Å². The summed E-state index contributed by atoms with van der Waals surface area (Å²) in [6.07, 6.45) is -1.01. The summed E-state index contributed by atoms with van der Waals surface area (Å²) in [5.41, 5.74) is 0.477. The number of nitrogens with one attached hydrogen (secondary N) is 2. The summed E-state index contributed by atoms with van der Waals surface area (Å²) in [7, 11) is 0. The normalized spacial score (nSPS) is 14.5. The van der Waals surface area contributed by atoms with Crippen molar-refractivity contribution < 1.29 is 22.8 Å². The number of rotatable bonds is 3. The van der Waals surface area contributed by atoms with Crippen LogP contribution in [-0.2, 0) is 15.8 Å². The standard InChI is InChI=1S/C20H20F3N3O2/c21-20(22,23)14-5-4-6-16(13-14)25-19(28)18(27)24-15-7-9-17(10-8-15)26-11-2-1-3-12-26/h4-10,13H,1-3,11-12H2,(H,24,27)(H,25,28). The van der Waals surface area contributed by atoms with Crippen molar-refractivity contribution >= 4 is 28.9 Å². The van der Waals surface area contributed by atoms with E-state index in [1.165, 1.54) is 12.5 Å². The molecule has 28 heavy (non-hydrogen) atoms. The third-order valence-electron chi connectivity index (χ3n) is 4.50. The SMILES string of the molecule is O=C(Nc1ccc(N2CCCCC2)cc1)C(=O)Nc1cccc(C(F)(F)F)c1. The van der Waals surface area contributed by atoms with E-state index in [9.17, 15) is 22.8 Å². The van der Waals surface area contributed by atoms with Crippen LogP contribution in [-0.4, -0.2) is 24.9 Å². The van der Waals surface area contributed by atoms with Crippen LogP contribution in [0, 0.1) is 0 Å². The Kier molecular flexibility index (Phi) is 5.87. The fraction of sp³-hybridized carbons (Fsp3) is 0.300. The van der Waals surface area contributed by atoms with E-state index in [4.69, 9.17) is 0 Å². The Morgan fingerprint density at radius 1 is 0.821 bits per heavy atom. The number of carbonyl (C=O) groups is 2. The van der Waals surface area contributed by atoms with E-state index < -0.39 is 23.6 Å². The van der Waals surface area contributed by atoms with Crippen LogP contribution in [0.25, 0.3) is 0 Å². The minimum atomic E-state index is -4.53. The number of alkyl halides is 3. The minimum Gasteiger partial charge on any atom is -0.372 e. The molecule has 2 aromatic carbocycles. The third-order valence-corrected chi connectivity index (χ3v) is 4.50. The zero-order chi connectivity index (χ0) is 20.1. The maximum absolute atomic E-state index is 12.7. The Morgan fingerprint density at radius 3 is 2.04 bits per heavy atom. The van der Waals surface area contributed by atoms with Crippen molar-refractivity contribution in [3.8, 4) is 0 Å². The monoisotopic (exact) mass is 391 g/mol. The molecule has 8 heteroatoms. The first kappa shape index (κ1) is 19.7. The van der Waals surface area contributed by atoms with E-state index in [1.807, 2.05) is 12.1 Å². The molecule has 0 radical (unpaired) electrons. The van der Waals surface area contributed by atoms with E-state index in [0.717, 1.165) is 49.8 Å². The van der Waals surface area contributed by atoms with Crippen LogP contribution in [0.15, 0.2) is 48.5 Å². The van der Waals surface area contributed by atoms with Gasteiger partial charge in [0.25, 0.3) is 0 Å². The zero-order valence-electron chi connectivity index (χ0n) is 15.1. The van der Waals surface area contributed by atoms with Crippen molar-refractivity contribution in [3.63, 3.8) is 0 Å². The van der Waals surface area contributed by atoms with Gasteiger partial charge in [-0.05, 0) is 61.7 Å². The van der Waals surface area contributed by atoms with Crippen molar-refractivity contribution in [2.75, 3.05) is 28.6 Å². The molecule has 0 atom stereocenters. The molecule has 1 saturated heterocycles. The minimum absolute atomic E-state index is 0.101. The number of halogens is 3. The highest BCUT2D eigenvalue weighted by Gasteiger charge is 2.30. The van der Waals surface area contributed by atoms with Crippen LogP contribution >= 0.6 is 0 Å². The predicted molar refractivity (Wildman–Crippen MR) is 101 cm³/mol. The average molecular weight is 391 g/mol. The van der Waals surface area contributed by atoms with Crippen molar-refractivity contribution in [3.05, 3.63) is 54.1 Å². The van der Waals surface area contributed by atoms with E-state index in [0.29, 0.717) is 5.69 Å². The number of anilines is 3. The Hall–Kier alpha value is -3.03. The molecule has 0 unspecified atom stereocenters. The van der Waals surface area contributed by atoms with Crippen molar-refractivity contribution in [2.24, 2.45) is 0 Å². The second kappa shape index (κ2) is 8.33. The van der Waals surface area contributed by atoms with Gasteiger partial charge in [0, 0.05) is 30.2 Å². The highest BCUT2D eigenvalue weighted by molar-refractivity contribution is 6.43. The number of hydrogen-bond acceptors (Lipinski definition) is 3. The number of amides is 2. The molecular weight excluding hydrogens is 371 g/mol. The first-order chi connectivity index (χ1) is 13.3. The molecule has 1 fully saturated rings. The van der Waals surface area contributed by atoms with Gasteiger partial charge >= 0.3 is 18.0 Å². The lowest BCUT2D eigenvalue weighted by molar-refractivity contribution is -0.137. The second-order valence-corrected chi connectivity index (χ2v) is 6.58. The van der Waals surface area contributed by atoms with Crippen LogP contribution in [0.2, 0.25) is 0 Å². The van der Waals surface area contributed by atoms with Gasteiger partial charge in [0.1, 0.15) is 0 Å². The second-order valence-electron chi connectivity index (χ2n) is 6.58. The Morgan fingerprint density at radius 2 is 1.43 bits per heavy atom. The number of nitrogens with zero attached hydrogens (tertiary/aromatic N) is 1. The maximum atomic E-state index is 12.7. The molecule has 1 aliphatic heterocycles. The molecular formula is C20H20F3N3O2. The molecule has 2 N–H and O–H groups in total. The highest BCUT2D eigenvalue weighted by atomic mass is 19.4. The number of benzene rings is 2. The molecule has 0 aromatic heterocycles. The van der Waals surface area contributed by atoms with Crippen LogP contribution in [0.5, 0.6) is 0 Å². The van der Waals surface area contributed by atoms with E-state index in [-0.39, 0.29) is 5.69 Å². The van der Waals surface area contributed by atoms with Crippen LogP contribution in [0.3, 0.4) is 0 Å². The summed E-state index contributed by atoms with van der Waals surface area (Å²) < 4.78 is 38.2. The molecule has 2 aromatic rings. The maximum Gasteiger partial charge on any atom is 0.416 e. The Bertz CT molecular complexity index is 845. The van der Waals surface area contributed by atoms with Gasteiger partial charge in [-0.3, -0.25) is 9.59 Å². The summed E-state index contributed by atoms with van der Waals surface area (Å²) in [5, 5.41) is 4.62. The number of hydrogen-bond donors (Lipinski definition) is 2. The third kappa shape index (κ3) is 5.03. The Labute approximate surface area is 160 Å². The van der Waals surface area contributed by atoms with Crippen LogP contribution in [0.4, 0.5) is 30.2 Å². The fourth-order valence-electron chi connectivity index (χ4n) is 3.06. The van der Waals surface area contributed by atoms with Crippen molar-refractivity contribution in [1.29, 1.82) is 0 Å². The smallest absolute Gasteiger partial charge is 0.372 e. The van der Waals surface area contributed by atoms with Gasteiger partial charge in [-0.25, -0.2) is 0 Å². The molecule has 0 aliphatic carbocycles. The van der Waals surface area contributed by atoms with Crippen molar-refractivity contribution in [1.82, 2.24) is 0 Å². The lowest BCUT2D eigenvalue weighted by Gasteiger charge is -2.28. The zero-order valence-corrected chi connectivity index (χ0v) is 15.1. The first-order valence-electron chi connectivity index (χ1n) is 8.97. The number of piperidine rings is 1. The molecule has 5 nitrogen and oxygen atoms in total. The predicted octanol–water partition coefficient (Wildman–Crippen LogP) is 4.27. The van der Waals surface area contributed by atoms with Crippen LogP contribution in [0.1, 0.15) is 24.8 Å². The molecule has 1 aliphatic rings. The fourth-order valence-corrected chi connectivity index (χ4v) is 3.06. The van der Waals surface area contributed by atoms with E-state index >= 15 is 0 Å². The van der Waals surface area contributed by atoms with Gasteiger partial charge in [0.2, 0.25) is 0 Å². The topological polar surface area (TPSA) is 61.4 Å². The van der Waals surface area contributed by atoms with Gasteiger partial charge in [-0.2, -0.15) is 13.2 Å². The van der Waals surface area contributed by atoms with Gasteiger partial charge < -0.3 is 15.5 Å². The summed E-state index contributed by atoms with van der Waals surface area (Å²) in [6.45, 7) is 1.98. The summed E-state index contributed by atoms with van der Waals surface area (Å²) in [5.74, 6) is -2.00. The summed E-state index contributed by atoms with van der Waals surface area (Å²) in [4.78, 5) is 26.3. The molecule has 148 valence electrons. The molecule has 1 heterocycles. The van der Waals surface area contributed by atoms with Gasteiger partial charge in [0.05, 0.1) is 5.56 Å². The molecule has 0 saturated carbocycles. The summed E-state index contributed by atoms with van der Waals surface area (Å²) >= 11 is 0. The number of carbonyl (C=O) groups excluding carboxylic acids is 2. The average Bonchev–Trinajstić information content (AvgIpc) is 2.69. The lowest BCUT2D eigenvalue weighted by atomic mass is 10.1. The molecule has 0 bridgehead atoms. The van der Waals surface area contributed by atoms with Gasteiger partial charge in [-0.15, -0.1) is 0 Å². The molecule has 0 spiro atoms. The van der Waals surface area contributed by atoms with Gasteiger partial charge in [0.15, 0.2) is 0 Å². The molecule has 2 amide bonds. The quantitative estimate of drug-likeness (QED) is 0.768. The molecule has 3 rings (SSSR count). The Balaban J connectivity index is 1.59. The largest absolute Gasteiger partial charge is 0.416 e. The lowest BCUT2D eigenvalue weighted by Crippen LogP contribution is -2.30. The van der Waals surface area contributed by atoms with Crippen molar-refractivity contribution in [2.45, 2.75) is 25.4 Å². The highest BCUT2D eigenvalue weighted by Crippen LogP contribution is 2.30. The first-order valence-corrected chi connectivity index (χ1v) is 8.97. The van der Waals surface area contributed by atoms with Crippen LogP contribution < -0.4 is 15.5 Å². The van der Waals surface area contributed by atoms with Gasteiger partial charge in [-0.1, -0.05) is 6.07 Å².